The molecular weight excluding hydrogens is 336 g/mol. The smallest absolute Gasteiger partial charge is 0.326 e. The van der Waals surface area contributed by atoms with Gasteiger partial charge in [-0.05, 0) is 24.3 Å². The van der Waals surface area contributed by atoms with Crippen LogP contribution >= 0.6 is 0 Å². The Hall–Kier alpha value is -2.41. The van der Waals surface area contributed by atoms with Gasteiger partial charge in [-0.3, -0.25) is 9.59 Å². The summed E-state index contributed by atoms with van der Waals surface area (Å²) in [7, 11) is 0. The van der Waals surface area contributed by atoms with Gasteiger partial charge in [0.15, 0.2) is 0 Å². The Morgan fingerprint density at radius 2 is 1.69 bits per heavy atom. The minimum Gasteiger partial charge on any atom is -0.480 e. The van der Waals surface area contributed by atoms with E-state index in [1.807, 2.05) is 44.2 Å². The molecule has 0 heterocycles. The number of rotatable bonds is 11. The molecule has 0 spiro atoms. The van der Waals surface area contributed by atoms with Crippen LogP contribution < -0.4 is 10.6 Å². The first-order valence-electron chi connectivity index (χ1n) is 8.80. The molecule has 0 radical (unpaired) electrons. The summed E-state index contributed by atoms with van der Waals surface area (Å²) in [6.07, 6.45) is 0.961. The third-order valence-electron chi connectivity index (χ3n) is 3.82. The second-order valence-electron chi connectivity index (χ2n) is 6.67. The second kappa shape index (κ2) is 11.3. The number of hydrogen-bond donors (Lipinski definition) is 4. The molecule has 0 fully saturated rings. The Kier molecular flexibility index (Phi) is 9.36. The summed E-state index contributed by atoms with van der Waals surface area (Å²) < 4.78 is 0. The zero-order valence-corrected chi connectivity index (χ0v) is 15.3. The number of aliphatic hydroxyl groups excluding tert-OH is 1. The van der Waals surface area contributed by atoms with Gasteiger partial charge in [-0.2, -0.15) is 0 Å². The molecule has 2 atom stereocenters. The van der Waals surface area contributed by atoms with Crippen molar-refractivity contribution in [1.82, 2.24) is 10.6 Å². The lowest BCUT2D eigenvalue weighted by Gasteiger charge is -2.22. The molecule has 0 aromatic heterocycles. The van der Waals surface area contributed by atoms with E-state index in [0.717, 1.165) is 5.56 Å². The lowest BCUT2D eigenvalue weighted by atomic mass is 10.0. The van der Waals surface area contributed by atoms with Crippen LogP contribution in [-0.4, -0.2) is 46.7 Å². The van der Waals surface area contributed by atoms with Gasteiger partial charge in [-0.1, -0.05) is 44.2 Å². The van der Waals surface area contributed by atoms with Crippen LogP contribution in [0, 0.1) is 5.92 Å². The lowest BCUT2D eigenvalue weighted by molar-refractivity contribution is -0.142. The topological polar surface area (TPSA) is 116 Å². The third-order valence-corrected chi connectivity index (χ3v) is 3.82. The summed E-state index contributed by atoms with van der Waals surface area (Å²) in [5.74, 6) is -1.88. The van der Waals surface area contributed by atoms with E-state index in [0.29, 0.717) is 12.8 Å². The largest absolute Gasteiger partial charge is 0.480 e. The van der Waals surface area contributed by atoms with Crippen molar-refractivity contribution in [3.05, 3.63) is 35.9 Å². The van der Waals surface area contributed by atoms with Gasteiger partial charge in [0.25, 0.3) is 0 Å². The fourth-order valence-corrected chi connectivity index (χ4v) is 2.53. The summed E-state index contributed by atoms with van der Waals surface area (Å²) in [6, 6.07) is 7.30. The van der Waals surface area contributed by atoms with E-state index >= 15 is 0 Å². The highest BCUT2D eigenvalue weighted by Crippen LogP contribution is 2.08. The average molecular weight is 364 g/mol. The number of carboxylic acids is 1. The van der Waals surface area contributed by atoms with Crippen LogP contribution in [0.15, 0.2) is 30.3 Å². The highest BCUT2D eigenvalue weighted by atomic mass is 16.4. The summed E-state index contributed by atoms with van der Waals surface area (Å²) in [5, 5.41) is 23.3. The summed E-state index contributed by atoms with van der Waals surface area (Å²) >= 11 is 0. The summed E-state index contributed by atoms with van der Waals surface area (Å²) in [5.41, 5.74) is 0.853. The van der Waals surface area contributed by atoms with Crippen molar-refractivity contribution in [2.24, 2.45) is 5.92 Å². The van der Waals surface area contributed by atoms with Crippen molar-refractivity contribution in [2.45, 2.75) is 51.6 Å². The maximum absolute atomic E-state index is 12.6. The molecule has 1 aromatic rings. The van der Waals surface area contributed by atoms with E-state index in [1.54, 1.807) is 0 Å². The van der Waals surface area contributed by atoms with E-state index in [-0.39, 0.29) is 31.3 Å². The molecule has 0 aliphatic rings. The molecule has 0 aliphatic heterocycles. The number of amides is 2. The van der Waals surface area contributed by atoms with Gasteiger partial charge >= 0.3 is 5.97 Å². The van der Waals surface area contributed by atoms with Crippen molar-refractivity contribution in [2.75, 3.05) is 6.61 Å². The Labute approximate surface area is 153 Å². The first-order chi connectivity index (χ1) is 12.3. The second-order valence-corrected chi connectivity index (χ2v) is 6.67. The van der Waals surface area contributed by atoms with Crippen molar-refractivity contribution in [3.63, 3.8) is 0 Å². The van der Waals surface area contributed by atoms with Crippen molar-refractivity contribution in [3.8, 4) is 0 Å². The first kappa shape index (κ1) is 21.6. The molecule has 26 heavy (non-hydrogen) atoms. The number of aliphatic carboxylic acids is 1. The van der Waals surface area contributed by atoms with Gasteiger partial charge < -0.3 is 20.8 Å². The third kappa shape index (κ3) is 8.11. The van der Waals surface area contributed by atoms with Crippen molar-refractivity contribution in [1.29, 1.82) is 0 Å². The van der Waals surface area contributed by atoms with Crippen LogP contribution in [-0.2, 0) is 20.8 Å². The number of aliphatic hydroxyl groups is 1. The van der Waals surface area contributed by atoms with E-state index in [1.165, 1.54) is 0 Å². The predicted octanol–water partition coefficient (Wildman–Crippen LogP) is 1.10. The number of carbonyl (C=O) groups is 3. The highest BCUT2D eigenvalue weighted by molar-refractivity contribution is 5.90. The molecule has 0 saturated heterocycles. The Morgan fingerprint density at radius 1 is 1.04 bits per heavy atom. The maximum Gasteiger partial charge on any atom is 0.326 e. The van der Waals surface area contributed by atoms with Gasteiger partial charge in [0.05, 0.1) is 0 Å². The first-order valence-corrected chi connectivity index (χ1v) is 8.80. The Balaban J connectivity index is 2.85. The number of hydrogen-bond acceptors (Lipinski definition) is 4. The lowest BCUT2D eigenvalue weighted by Crippen LogP contribution is -2.52. The Bertz CT molecular complexity index is 589. The fraction of sp³-hybridized carbons (Fsp3) is 0.526. The van der Waals surface area contributed by atoms with Crippen LogP contribution in [0.5, 0.6) is 0 Å². The van der Waals surface area contributed by atoms with E-state index in [9.17, 15) is 19.5 Å². The molecule has 1 aromatic carbocycles. The molecule has 2 unspecified atom stereocenters. The van der Waals surface area contributed by atoms with Gasteiger partial charge in [-0.25, -0.2) is 4.79 Å². The molecule has 0 saturated carbocycles. The maximum atomic E-state index is 12.6. The standard InChI is InChI=1S/C19H28N2O5/c1-13(2)11-16(19(25)26)21-18(24)15(20-17(23)9-6-10-22)12-14-7-4-3-5-8-14/h3-5,7-8,13,15-16,22H,6,9-12H2,1-2H3,(H,20,23)(H,21,24)(H,25,26). The number of benzene rings is 1. The van der Waals surface area contributed by atoms with Crippen LogP contribution in [0.2, 0.25) is 0 Å². The highest BCUT2D eigenvalue weighted by Gasteiger charge is 2.27. The van der Waals surface area contributed by atoms with Crippen molar-refractivity contribution >= 4 is 17.8 Å². The molecule has 4 N–H and O–H groups in total. The SMILES string of the molecule is CC(C)CC(NC(=O)C(Cc1ccccc1)NC(=O)CCCO)C(=O)O. The zero-order valence-electron chi connectivity index (χ0n) is 15.3. The molecule has 0 aliphatic carbocycles. The van der Waals surface area contributed by atoms with E-state index < -0.39 is 24.0 Å². The molecule has 1 rings (SSSR count). The van der Waals surface area contributed by atoms with Gasteiger partial charge in [0.2, 0.25) is 11.8 Å². The minimum absolute atomic E-state index is 0.100. The number of nitrogens with one attached hydrogen (secondary N) is 2. The normalized spacial score (nSPS) is 13.1. The molecule has 2 amide bonds. The van der Waals surface area contributed by atoms with Gasteiger partial charge in [-0.15, -0.1) is 0 Å². The predicted molar refractivity (Wildman–Crippen MR) is 97.4 cm³/mol. The van der Waals surface area contributed by atoms with Crippen LogP contribution in [0.4, 0.5) is 0 Å². The molecule has 7 nitrogen and oxygen atoms in total. The zero-order chi connectivity index (χ0) is 19.5. The van der Waals surface area contributed by atoms with E-state index in [4.69, 9.17) is 5.11 Å². The van der Waals surface area contributed by atoms with Gasteiger partial charge in [0, 0.05) is 19.4 Å². The van der Waals surface area contributed by atoms with Crippen LogP contribution in [0.25, 0.3) is 0 Å². The monoisotopic (exact) mass is 364 g/mol. The van der Waals surface area contributed by atoms with Crippen molar-refractivity contribution < 1.29 is 24.6 Å². The average Bonchev–Trinajstić information content (AvgIpc) is 2.59. The molecule has 0 bridgehead atoms. The minimum atomic E-state index is -1.10. The molecular formula is C19H28N2O5. The quantitative estimate of drug-likeness (QED) is 0.469. The number of carboxylic acid groups (broad SMARTS) is 1. The van der Waals surface area contributed by atoms with Crippen LogP contribution in [0.3, 0.4) is 0 Å². The molecule has 144 valence electrons. The van der Waals surface area contributed by atoms with Gasteiger partial charge in [0.1, 0.15) is 12.1 Å². The summed E-state index contributed by atoms with van der Waals surface area (Å²) in [6.45, 7) is 3.64. The van der Waals surface area contributed by atoms with Crippen LogP contribution in [0.1, 0.15) is 38.7 Å². The molecule has 7 heteroatoms. The Morgan fingerprint density at radius 3 is 2.23 bits per heavy atom. The van der Waals surface area contributed by atoms with E-state index in [2.05, 4.69) is 10.6 Å². The number of carbonyl (C=O) groups excluding carboxylic acids is 2. The summed E-state index contributed by atoms with van der Waals surface area (Å²) in [4.78, 5) is 36.0. The fourth-order valence-electron chi connectivity index (χ4n) is 2.53.